The molecule has 0 aliphatic rings. The molecule has 1 N–H and O–H groups in total. The average molecular weight is 452 g/mol. The second-order valence-electron chi connectivity index (χ2n) is 7.21. The van der Waals surface area contributed by atoms with Crippen molar-refractivity contribution in [2.75, 3.05) is 12.4 Å². The lowest BCUT2D eigenvalue weighted by Gasteiger charge is -2.09. The zero-order valence-corrected chi connectivity index (χ0v) is 18.1. The van der Waals surface area contributed by atoms with Crippen LogP contribution in [0.2, 0.25) is 5.02 Å². The molecule has 4 aromatic rings. The number of pyridine rings is 1. The second kappa shape index (κ2) is 8.80. The summed E-state index contributed by atoms with van der Waals surface area (Å²) in [6, 6.07) is 15.2. The molecule has 0 saturated heterocycles. The standard InChI is InChI=1S/C24H19ClFN3O3/c1-14-22(23(30)24(31)28-17-9-10-27-21(26)11-17)19-12-18(32-2)7-8-20(19)29(14)13-15-3-5-16(25)6-4-15/h3-12H,13H2,1-2H3,(H,27,28,31). The lowest BCUT2D eigenvalue weighted by atomic mass is 10.1. The summed E-state index contributed by atoms with van der Waals surface area (Å²) in [5.74, 6) is -1.79. The molecule has 0 bridgehead atoms. The third-order valence-corrected chi connectivity index (χ3v) is 5.45. The number of Topliss-reactive ketones (excluding diaryl/α,β-unsaturated/α-hetero) is 1. The Bertz CT molecular complexity index is 1330. The van der Waals surface area contributed by atoms with Crippen molar-refractivity contribution in [2.45, 2.75) is 13.5 Å². The van der Waals surface area contributed by atoms with Crippen LogP contribution >= 0.6 is 11.6 Å². The number of carbonyl (C=O) groups is 2. The van der Waals surface area contributed by atoms with Gasteiger partial charge in [-0.2, -0.15) is 4.39 Å². The van der Waals surface area contributed by atoms with Gasteiger partial charge in [0, 0.05) is 46.1 Å². The maximum absolute atomic E-state index is 13.4. The smallest absolute Gasteiger partial charge is 0.296 e. The van der Waals surface area contributed by atoms with E-state index in [1.54, 1.807) is 31.2 Å². The van der Waals surface area contributed by atoms with Crippen LogP contribution in [0.5, 0.6) is 5.75 Å². The Morgan fingerprint density at radius 1 is 1.12 bits per heavy atom. The van der Waals surface area contributed by atoms with E-state index in [9.17, 15) is 14.0 Å². The van der Waals surface area contributed by atoms with Crippen LogP contribution in [0.15, 0.2) is 60.8 Å². The van der Waals surface area contributed by atoms with Crippen molar-refractivity contribution in [2.24, 2.45) is 0 Å². The Labute approximate surface area is 188 Å². The number of halogens is 2. The monoisotopic (exact) mass is 451 g/mol. The zero-order valence-electron chi connectivity index (χ0n) is 17.4. The van der Waals surface area contributed by atoms with E-state index in [0.29, 0.717) is 28.4 Å². The lowest BCUT2D eigenvalue weighted by Crippen LogP contribution is -2.23. The highest BCUT2D eigenvalue weighted by Gasteiger charge is 2.26. The van der Waals surface area contributed by atoms with Gasteiger partial charge in [0.1, 0.15) is 5.75 Å². The summed E-state index contributed by atoms with van der Waals surface area (Å²) in [7, 11) is 1.53. The van der Waals surface area contributed by atoms with E-state index >= 15 is 0 Å². The molecule has 4 rings (SSSR count). The zero-order chi connectivity index (χ0) is 22.8. The Kier molecular flexibility index (Phi) is 5.92. The first kappa shape index (κ1) is 21.5. The van der Waals surface area contributed by atoms with Crippen LogP contribution in [0.25, 0.3) is 10.9 Å². The predicted octanol–water partition coefficient (Wildman–Crippen LogP) is 5.02. The predicted molar refractivity (Wildman–Crippen MR) is 121 cm³/mol. The molecular weight excluding hydrogens is 433 g/mol. The number of nitrogens with one attached hydrogen (secondary N) is 1. The quantitative estimate of drug-likeness (QED) is 0.254. The molecule has 162 valence electrons. The van der Waals surface area contributed by atoms with Gasteiger partial charge in [0.15, 0.2) is 0 Å². The number of hydrogen-bond donors (Lipinski definition) is 1. The normalized spacial score (nSPS) is 10.9. The number of amides is 1. The first-order valence-electron chi connectivity index (χ1n) is 9.76. The molecule has 0 aliphatic heterocycles. The molecule has 0 spiro atoms. The van der Waals surface area contributed by atoms with Crippen molar-refractivity contribution in [1.82, 2.24) is 9.55 Å². The van der Waals surface area contributed by atoms with Gasteiger partial charge in [0.2, 0.25) is 5.95 Å². The van der Waals surface area contributed by atoms with Crippen molar-refractivity contribution >= 4 is 39.9 Å². The molecule has 8 heteroatoms. The van der Waals surface area contributed by atoms with Gasteiger partial charge >= 0.3 is 0 Å². The third-order valence-electron chi connectivity index (χ3n) is 5.20. The van der Waals surface area contributed by atoms with Gasteiger partial charge in [-0.05, 0) is 48.9 Å². The number of hydrogen-bond acceptors (Lipinski definition) is 4. The van der Waals surface area contributed by atoms with Crippen molar-refractivity contribution in [3.05, 3.63) is 88.6 Å². The minimum absolute atomic E-state index is 0.149. The summed E-state index contributed by atoms with van der Waals surface area (Å²) in [5.41, 5.74) is 2.81. The summed E-state index contributed by atoms with van der Waals surface area (Å²) < 4.78 is 20.6. The van der Waals surface area contributed by atoms with E-state index in [1.807, 2.05) is 22.8 Å². The van der Waals surface area contributed by atoms with Crippen LogP contribution in [0, 0.1) is 12.9 Å². The Balaban J connectivity index is 1.77. The molecule has 0 atom stereocenters. The molecule has 6 nitrogen and oxygen atoms in total. The fraction of sp³-hybridized carbons (Fsp3) is 0.125. The van der Waals surface area contributed by atoms with Gasteiger partial charge in [0.25, 0.3) is 11.7 Å². The maximum Gasteiger partial charge on any atom is 0.296 e. The van der Waals surface area contributed by atoms with Gasteiger partial charge in [0.05, 0.1) is 12.7 Å². The van der Waals surface area contributed by atoms with Crippen molar-refractivity contribution in [3.8, 4) is 5.75 Å². The first-order valence-corrected chi connectivity index (χ1v) is 10.1. The van der Waals surface area contributed by atoms with Crippen LogP contribution in [0.3, 0.4) is 0 Å². The summed E-state index contributed by atoms with van der Waals surface area (Å²) in [4.78, 5) is 29.4. The van der Waals surface area contributed by atoms with Gasteiger partial charge in [-0.3, -0.25) is 9.59 Å². The number of anilines is 1. The molecule has 2 heterocycles. The van der Waals surface area contributed by atoms with Gasteiger partial charge in [-0.15, -0.1) is 0 Å². The number of methoxy groups -OCH3 is 1. The molecule has 32 heavy (non-hydrogen) atoms. The number of nitrogens with zero attached hydrogens (tertiary/aromatic N) is 2. The molecular formula is C24H19ClFN3O3. The van der Waals surface area contributed by atoms with Crippen LogP contribution in [-0.4, -0.2) is 28.4 Å². The third kappa shape index (κ3) is 4.20. The molecule has 0 fully saturated rings. The number of carbonyl (C=O) groups excluding carboxylic acids is 2. The first-order chi connectivity index (χ1) is 15.4. The number of ketones is 1. The number of ether oxygens (including phenoxy) is 1. The van der Waals surface area contributed by atoms with Crippen LogP contribution in [-0.2, 0) is 11.3 Å². The highest BCUT2D eigenvalue weighted by molar-refractivity contribution is 6.48. The molecule has 0 aliphatic carbocycles. The number of rotatable bonds is 6. The minimum Gasteiger partial charge on any atom is -0.497 e. The number of aromatic nitrogens is 2. The highest BCUT2D eigenvalue weighted by atomic mass is 35.5. The lowest BCUT2D eigenvalue weighted by molar-refractivity contribution is -0.112. The molecule has 0 saturated carbocycles. The SMILES string of the molecule is COc1ccc2c(c1)c(C(=O)C(=O)Nc1ccnc(F)c1)c(C)n2Cc1ccc(Cl)cc1. The number of benzene rings is 2. The molecule has 1 amide bonds. The Morgan fingerprint density at radius 3 is 2.56 bits per heavy atom. The van der Waals surface area contributed by atoms with E-state index < -0.39 is 17.6 Å². The maximum atomic E-state index is 13.4. The number of fused-ring (bicyclic) bond motifs is 1. The summed E-state index contributed by atoms with van der Waals surface area (Å²) in [5, 5.41) is 3.67. The van der Waals surface area contributed by atoms with Crippen LogP contribution in [0.1, 0.15) is 21.6 Å². The topological polar surface area (TPSA) is 73.2 Å². The van der Waals surface area contributed by atoms with E-state index in [0.717, 1.165) is 17.1 Å². The molecule has 0 unspecified atom stereocenters. The van der Waals surface area contributed by atoms with Crippen LogP contribution in [0.4, 0.5) is 10.1 Å². The molecule has 2 aromatic heterocycles. The fourth-order valence-electron chi connectivity index (χ4n) is 3.63. The van der Waals surface area contributed by atoms with Gasteiger partial charge in [-0.25, -0.2) is 4.98 Å². The van der Waals surface area contributed by atoms with Gasteiger partial charge < -0.3 is 14.6 Å². The minimum atomic E-state index is -0.868. The van der Waals surface area contributed by atoms with Gasteiger partial charge in [-0.1, -0.05) is 23.7 Å². The highest BCUT2D eigenvalue weighted by Crippen LogP contribution is 2.31. The molecule has 0 radical (unpaired) electrons. The summed E-state index contributed by atoms with van der Waals surface area (Å²) in [6.07, 6.45) is 1.21. The van der Waals surface area contributed by atoms with E-state index in [4.69, 9.17) is 16.3 Å². The Morgan fingerprint density at radius 2 is 1.88 bits per heavy atom. The largest absolute Gasteiger partial charge is 0.497 e. The van der Waals surface area contributed by atoms with Crippen molar-refractivity contribution < 1.29 is 18.7 Å². The van der Waals surface area contributed by atoms with E-state index in [2.05, 4.69) is 10.3 Å². The summed E-state index contributed by atoms with van der Waals surface area (Å²) in [6.45, 7) is 2.27. The molecule has 2 aromatic carbocycles. The van der Waals surface area contributed by atoms with Crippen molar-refractivity contribution in [1.29, 1.82) is 0 Å². The van der Waals surface area contributed by atoms with E-state index in [1.165, 1.54) is 19.4 Å². The second-order valence-corrected chi connectivity index (χ2v) is 7.64. The Hall–Kier alpha value is -3.71. The fourth-order valence-corrected chi connectivity index (χ4v) is 3.76. The van der Waals surface area contributed by atoms with Crippen molar-refractivity contribution in [3.63, 3.8) is 0 Å². The van der Waals surface area contributed by atoms with Crippen LogP contribution < -0.4 is 10.1 Å². The summed E-state index contributed by atoms with van der Waals surface area (Å²) >= 11 is 5.99. The average Bonchev–Trinajstić information content (AvgIpc) is 3.05. The van der Waals surface area contributed by atoms with E-state index in [-0.39, 0.29) is 11.3 Å².